The Morgan fingerprint density at radius 3 is 2.35 bits per heavy atom. The van der Waals surface area contributed by atoms with Gasteiger partial charge in [-0.3, -0.25) is 4.79 Å². The molecule has 0 radical (unpaired) electrons. The molecule has 0 aliphatic heterocycles. The van der Waals surface area contributed by atoms with E-state index in [4.69, 9.17) is 17.3 Å². The number of hydrogen-bond acceptors (Lipinski definition) is 6. The maximum Gasteiger partial charge on any atom is 0.268 e. The summed E-state index contributed by atoms with van der Waals surface area (Å²) in [5.41, 5.74) is 4.11. The van der Waals surface area contributed by atoms with Crippen molar-refractivity contribution in [2.45, 2.75) is 4.90 Å². The van der Waals surface area contributed by atoms with Crippen molar-refractivity contribution in [3.8, 4) is 23.3 Å². The van der Waals surface area contributed by atoms with Crippen LogP contribution in [0.2, 0.25) is 5.02 Å². The fourth-order valence-corrected chi connectivity index (χ4v) is 3.27. The molecule has 1 aromatic carbocycles. The number of nitrogens with one attached hydrogen (secondary N) is 1. The predicted octanol–water partition coefficient (Wildman–Crippen LogP) is 1.42. The number of H-pyrrole nitrogens is 1. The van der Waals surface area contributed by atoms with Crippen molar-refractivity contribution in [1.82, 2.24) is 4.98 Å². The first-order valence-corrected chi connectivity index (χ1v) is 8.33. The van der Waals surface area contributed by atoms with Crippen LogP contribution in [0.5, 0.6) is 0 Å². The number of aromatic nitrogens is 1. The van der Waals surface area contributed by atoms with E-state index in [0.29, 0.717) is 0 Å². The molecule has 0 fully saturated rings. The standard InChI is InChI=1S/C14H9ClN4O3S/c1-23(21,22)11-4-7(15)2-3-8(11)12-9(5-16)13(18)19-14(20)10(12)6-17/h2-4H,1H3,(H3,18,19,20). The van der Waals surface area contributed by atoms with E-state index in [1.165, 1.54) is 18.2 Å². The zero-order valence-electron chi connectivity index (χ0n) is 11.7. The number of hydrogen-bond donors (Lipinski definition) is 2. The summed E-state index contributed by atoms with van der Waals surface area (Å²) in [4.78, 5) is 13.9. The van der Waals surface area contributed by atoms with Gasteiger partial charge in [-0.05, 0) is 12.1 Å². The van der Waals surface area contributed by atoms with Crippen LogP contribution in [0.15, 0.2) is 27.9 Å². The summed E-state index contributed by atoms with van der Waals surface area (Å²) in [7, 11) is -3.74. The second-order valence-corrected chi connectivity index (χ2v) is 7.05. The summed E-state index contributed by atoms with van der Waals surface area (Å²) in [5, 5.41) is 18.7. The number of benzene rings is 1. The largest absolute Gasteiger partial charge is 0.384 e. The lowest BCUT2D eigenvalue weighted by Crippen LogP contribution is -2.17. The number of pyridine rings is 1. The highest BCUT2D eigenvalue weighted by Crippen LogP contribution is 2.34. The van der Waals surface area contributed by atoms with Crippen LogP contribution >= 0.6 is 11.6 Å². The van der Waals surface area contributed by atoms with Gasteiger partial charge in [-0.15, -0.1) is 0 Å². The third kappa shape index (κ3) is 2.90. The third-order valence-electron chi connectivity index (χ3n) is 3.08. The Morgan fingerprint density at radius 2 is 1.83 bits per heavy atom. The number of nitrogen functional groups attached to an aromatic ring is 1. The minimum atomic E-state index is -3.74. The number of rotatable bonds is 2. The second kappa shape index (κ2) is 5.76. The maximum atomic E-state index is 12.0. The molecule has 0 bridgehead atoms. The van der Waals surface area contributed by atoms with E-state index in [9.17, 15) is 23.7 Å². The van der Waals surface area contributed by atoms with Gasteiger partial charge in [0.1, 0.15) is 29.1 Å². The Hall–Kier alpha value is -2.81. The summed E-state index contributed by atoms with van der Waals surface area (Å²) in [6.07, 6.45) is 0.955. The normalized spacial score (nSPS) is 10.8. The molecule has 116 valence electrons. The molecule has 0 saturated heterocycles. The highest BCUT2D eigenvalue weighted by Gasteiger charge is 2.23. The van der Waals surface area contributed by atoms with E-state index in [1.807, 2.05) is 0 Å². The molecular formula is C14H9ClN4O3S. The van der Waals surface area contributed by atoms with Gasteiger partial charge in [0, 0.05) is 22.4 Å². The average Bonchev–Trinajstić information content (AvgIpc) is 2.45. The molecule has 3 N–H and O–H groups in total. The number of anilines is 1. The van der Waals surface area contributed by atoms with Crippen LogP contribution in [0.1, 0.15) is 11.1 Å². The highest BCUT2D eigenvalue weighted by molar-refractivity contribution is 7.90. The Morgan fingerprint density at radius 1 is 1.22 bits per heavy atom. The fourth-order valence-electron chi connectivity index (χ4n) is 2.12. The van der Waals surface area contributed by atoms with E-state index in [0.717, 1.165) is 6.26 Å². The van der Waals surface area contributed by atoms with Crippen molar-refractivity contribution in [3.63, 3.8) is 0 Å². The number of sulfone groups is 1. The molecule has 0 atom stereocenters. The quantitative estimate of drug-likeness (QED) is 0.840. The van der Waals surface area contributed by atoms with E-state index >= 15 is 0 Å². The van der Waals surface area contributed by atoms with Crippen molar-refractivity contribution in [2.75, 3.05) is 12.0 Å². The summed E-state index contributed by atoms with van der Waals surface area (Å²) in [6, 6.07) is 7.37. The van der Waals surface area contributed by atoms with Crippen LogP contribution < -0.4 is 11.3 Å². The lowest BCUT2D eigenvalue weighted by atomic mass is 9.96. The molecule has 0 saturated carbocycles. The monoisotopic (exact) mass is 348 g/mol. The van der Waals surface area contributed by atoms with Gasteiger partial charge in [-0.2, -0.15) is 10.5 Å². The smallest absolute Gasteiger partial charge is 0.268 e. The third-order valence-corrected chi connectivity index (χ3v) is 4.45. The first-order chi connectivity index (χ1) is 10.7. The zero-order chi connectivity index (χ0) is 17.4. The van der Waals surface area contributed by atoms with Crippen molar-refractivity contribution < 1.29 is 8.42 Å². The lowest BCUT2D eigenvalue weighted by Gasteiger charge is -2.12. The van der Waals surface area contributed by atoms with Crippen molar-refractivity contribution in [3.05, 3.63) is 44.7 Å². The van der Waals surface area contributed by atoms with Crippen LogP contribution in [0.3, 0.4) is 0 Å². The fraction of sp³-hybridized carbons (Fsp3) is 0.0714. The van der Waals surface area contributed by atoms with Gasteiger partial charge in [-0.1, -0.05) is 17.7 Å². The van der Waals surface area contributed by atoms with Crippen LogP contribution in [-0.2, 0) is 9.84 Å². The Labute approximate surface area is 136 Å². The molecule has 1 heterocycles. The first kappa shape index (κ1) is 16.6. The number of nitrogens with two attached hydrogens (primary N) is 1. The topological polar surface area (TPSA) is 141 Å². The average molecular weight is 349 g/mol. The van der Waals surface area contributed by atoms with Gasteiger partial charge in [0.2, 0.25) is 0 Å². The molecule has 0 unspecified atom stereocenters. The summed E-state index contributed by atoms with van der Waals surface area (Å²) < 4.78 is 24.0. The minimum Gasteiger partial charge on any atom is -0.384 e. The summed E-state index contributed by atoms with van der Waals surface area (Å²) in [5.74, 6) is -0.249. The Balaban J connectivity index is 3.09. The van der Waals surface area contributed by atoms with Crippen LogP contribution in [0.25, 0.3) is 11.1 Å². The molecule has 2 aromatic rings. The van der Waals surface area contributed by atoms with Crippen LogP contribution in [0, 0.1) is 22.7 Å². The second-order valence-electron chi connectivity index (χ2n) is 4.63. The maximum absolute atomic E-state index is 12.0. The number of aromatic amines is 1. The van der Waals surface area contributed by atoms with Gasteiger partial charge in [0.05, 0.1) is 4.90 Å². The minimum absolute atomic E-state index is 0.0165. The summed E-state index contributed by atoms with van der Waals surface area (Å²) >= 11 is 5.83. The Kier molecular flexibility index (Phi) is 4.15. The molecule has 0 amide bonds. The van der Waals surface area contributed by atoms with E-state index in [2.05, 4.69) is 4.98 Å². The summed E-state index contributed by atoms with van der Waals surface area (Å²) in [6.45, 7) is 0. The predicted molar refractivity (Wildman–Crippen MR) is 84.5 cm³/mol. The van der Waals surface area contributed by atoms with Crippen molar-refractivity contribution in [1.29, 1.82) is 10.5 Å². The van der Waals surface area contributed by atoms with Gasteiger partial charge < -0.3 is 10.7 Å². The molecular weight excluding hydrogens is 340 g/mol. The van der Waals surface area contributed by atoms with Gasteiger partial charge in [0.15, 0.2) is 9.84 Å². The SMILES string of the molecule is CS(=O)(=O)c1cc(Cl)ccc1-c1c(C#N)c(N)[nH]c(=O)c1C#N. The van der Waals surface area contributed by atoms with Gasteiger partial charge >= 0.3 is 0 Å². The van der Waals surface area contributed by atoms with E-state index < -0.39 is 21.0 Å². The zero-order valence-corrected chi connectivity index (χ0v) is 13.3. The number of nitriles is 2. The first-order valence-electron chi connectivity index (χ1n) is 6.06. The van der Waals surface area contributed by atoms with Crippen molar-refractivity contribution >= 4 is 27.3 Å². The number of halogens is 1. The Bertz CT molecular complexity index is 1060. The molecule has 0 spiro atoms. The van der Waals surface area contributed by atoms with E-state index in [-0.39, 0.29) is 32.4 Å². The lowest BCUT2D eigenvalue weighted by molar-refractivity contribution is 0.602. The molecule has 0 aliphatic rings. The van der Waals surface area contributed by atoms with E-state index in [1.54, 1.807) is 12.1 Å². The van der Waals surface area contributed by atoms with Gasteiger partial charge in [0.25, 0.3) is 5.56 Å². The van der Waals surface area contributed by atoms with Gasteiger partial charge in [-0.25, -0.2) is 8.42 Å². The molecule has 1 aromatic heterocycles. The molecule has 9 heteroatoms. The van der Waals surface area contributed by atoms with Crippen LogP contribution in [0.4, 0.5) is 5.82 Å². The molecule has 2 rings (SSSR count). The molecule has 0 aliphatic carbocycles. The highest BCUT2D eigenvalue weighted by atomic mass is 35.5. The van der Waals surface area contributed by atoms with Crippen LogP contribution in [-0.4, -0.2) is 19.7 Å². The number of nitrogens with zero attached hydrogens (tertiary/aromatic N) is 2. The van der Waals surface area contributed by atoms with Crippen molar-refractivity contribution in [2.24, 2.45) is 0 Å². The molecule has 7 nitrogen and oxygen atoms in total. The molecule has 23 heavy (non-hydrogen) atoms.